The highest BCUT2D eigenvalue weighted by Crippen LogP contribution is 2.25. The van der Waals surface area contributed by atoms with Gasteiger partial charge in [-0.15, -0.1) is 0 Å². The number of benzene rings is 1. The van der Waals surface area contributed by atoms with Gasteiger partial charge in [0.25, 0.3) is 0 Å². The standard InChI is InChI=1S/C15H23N3O2/c1-17-7-6-11(9-17)10-18(2)14-5-4-12(16)8-13(14)15(19)20-3/h4-5,8,11H,6-7,9-10,16H2,1-3H3. The van der Waals surface area contributed by atoms with E-state index in [1.807, 2.05) is 19.2 Å². The van der Waals surface area contributed by atoms with Crippen LogP contribution in [-0.4, -0.2) is 51.7 Å². The molecule has 1 heterocycles. The van der Waals surface area contributed by atoms with Crippen LogP contribution in [0.1, 0.15) is 16.8 Å². The number of rotatable bonds is 4. The number of nitrogen functional groups attached to an aromatic ring is 1. The van der Waals surface area contributed by atoms with Crippen molar-refractivity contribution < 1.29 is 9.53 Å². The summed E-state index contributed by atoms with van der Waals surface area (Å²) in [4.78, 5) is 16.3. The zero-order valence-electron chi connectivity index (χ0n) is 12.4. The molecule has 0 saturated carbocycles. The van der Waals surface area contributed by atoms with Crippen molar-refractivity contribution >= 4 is 17.3 Å². The molecule has 1 fully saturated rings. The van der Waals surface area contributed by atoms with Crippen molar-refractivity contribution in [2.24, 2.45) is 5.92 Å². The Kier molecular flexibility index (Phi) is 4.49. The van der Waals surface area contributed by atoms with Crippen LogP contribution in [0.25, 0.3) is 0 Å². The molecule has 0 aliphatic carbocycles. The molecule has 20 heavy (non-hydrogen) atoms. The van der Waals surface area contributed by atoms with Crippen molar-refractivity contribution in [3.63, 3.8) is 0 Å². The third-order valence-electron chi connectivity index (χ3n) is 3.86. The van der Waals surface area contributed by atoms with Crippen molar-refractivity contribution in [1.29, 1.82) is 0 Å². The maximum Gasteiger partial charge on any atom is 0.340 e. The number of hydrogen-bond donors (Lipinski definition) is 1. The molecule has 2 N–H and O–H groups in total. The maximum atomic E-state index is 11.9. The first-order chi connectivity index (χ1) is 9.51. The number of esters is 1. The quantitative estimate of drug-likeness (QED) is 0.666. The van der Waals surface area contributed by atoms with Crippen molar-refractivity contribution in [3.05, 3.63) is 23.8 Å². The lowest BCUT2D eigenvalue weighted by atomic mass is 10.1. The van der Waals surface area contributed by atoms with Crippen molar-refractivity contribution in [2.45, 2.75) is 6.42 Å². The number of methoxy groups -OCH3 is 1. The van der Waals surface area contributed by atoms with Crippen molar-refractivity contribution in [1.82, 2.24) is 4.90 Å². The summed E-state index contributed by atoms with van der Waals surface area (Å²) < 4.78 is 4.84. The molecular weight excluding hydrogens is 254 g/mol. The minimum atomic E-state index is -0.345. The molecule has 110 valence electrons. The summed E-state index contributed by atoms with van der Waals surface area (Å²) in [6, 6.07) is 5.39. The molecular formula is C15H23N3O2. The Labute approximate surface area is 120 Å². The van der Waals surface area contributed by atoms with Gasteiger partial charge in [-0.1, -0.05) is 0 Å². The van der Waals surface area contributed by atoms with Crippen LogP contribution in [0.15, 0.2) is 18.2 Å². The van der Waals surface area contributed by atoms with E-state index in [2.05, 4.69) is 16.8 Å². The van der Waals surface area contributed by atoms with Gasteiger partial charge in [0.15, 0.2) is 0 Å². The second kappa shape index (κ2) is 6.13. The van der Waals surface area contributed by atoms with Gasteiger partial charge >= 0.3 is 5.97 Å². The number of ether oxygens (including phenoxy) is 1. The number of nitrogens with zero attached hydrogens (tertiary/aromatic N) is 2. The van der Waals surface area contributed by atoms with Crippen LogP contribution in [0.4, 0.5) is 11.4 Å². The molecule has 1 aromatic carbocycles. The molecule has 0 bridgehead atoms. The number of hydrogen-bond acceptors (Lipinski definition) is 5. The van der Waals surface area contributed by atoms with Crippen LogP contribution in [0.2, 0.25) is 0 Å². The van der Waals surface area contributed by atoms with E-state index in [0.29, 0.717) is 17.2 Å². The molecule has 5 nitrogen and oxygen atoms in total. The molecule has 1 aromatic rings. The average Bonchev–Trinajstić information content (AvgIpc) is 2.82. The van der Waals surface area contributed by atoms with Gasteiger partial charge in [-0.2, -0.15) is 0 Å². The monoisotopic (exact) mass is 277 g/mol. The van der Waals surface area contributed by atoms with Gasteiger partial charge in [0.2, 0.25) is 0 Å². The Morgan fingerprint density at radius 3 is 2.90 bits per heavy atom. The lowest BCUT2D eigenvalue weighted by molar-refractivity contribution is 0.0601. The lowest BCUT2D eigenvalue weighted by Crippen LogP contribution is -2.28. The van der Waals surface area contributed by atoms with Gasteiger partial charge in [0.05, 0.1) is 18.4 Å². The summed E-state index contributed by atoms with van der Waals surface area (Å²) in [5.74, 6) is 0.288. The van der Waals surface area contributed by atoms with Gasteiger partial charge in [-0.05, 0) is 44.1 Å². The van der Waals surface area contributed by atoms with Crippen molar-refractivity contribution in [2.75, 3.05) is 51.5 Å². The third-order valence-corrected chi connectivity index (χ3v) is 3.86. The lowest BCUT2D eigenvalue weighted by Gasteiger charge is -2.25. The molecule has 1 aliphatic heterocycles. The second-order valence-electron chi connectivity index (χ2n) is 5.57. The van der Waals surface area contributed by atoms with Gasteiger partial charge < -0.3 is 20.3 Å². The van der Waals surface area contributed by atoms with Crippen LogP contribution < -0.4 is 10.6 Å². The molecule has 5 heteroatoms. The number of carbonyl (C=O) groups excluding carboxylic acids is 1. The molecule has 2 rings (SSSR count). The minimum absolute atomic E-state index is 0.345. The van der Waals surface area contributed by atoms with Gasteiger partial charge in [-0.3, -0.25) is 0 Å². The predicted octanol–water partition coefficient (Wildman–Crippen LogP) is 1.44. The van der Waals surface area contributed by atoms with Gasteiger partial charge in [0, 0.05) is 25.8 Å². The number of carbonyl (C=O) groups is 1. The van der Waals surface area contributed by atoms with Gasteiger partial charge in [-0.25, -0.2) is 4.79 Å². The molecule has 0 radical (unpaired) electrons. The van der Waals surface area contributed by atoms with Crippen LogP contribution in [0.3, 0.4) is 0 Å². The Morgan fingerprint density at radius 1 is 1.55 bits per heavy atom. The second-order valence-corrected chi connectivity index (χ2v) is 5.57. The Balaban J connectivity index is 2.16. The van der Waals surface area contributed by atoms with E-state index < -0.39 is 0 Å². The van der Waals surface area contributed by atoms with Crippen LogP contribution in [0.5, 0.6) is 0 Å². The summed E-state index contributed by atoms with van der Waals surface area (Å²) in [7, 11) is 5.54. The molecule has 0 amide bonds. The SMILES string of the molecule is COC(=O)c1cc(N)ccc1N(C)CC1CCN(C)C1. The zero-order valence-corrected chi connectivity index (χ0v) is 12.4. The van der Waals surface area contributed by atoms with E-state index in [4.69, 9.17) is 10.5 Å². The highest BCUT2D eigenvalue weighted by Gasteiger charge is 2.23. The smallest absolute Gasteiger partial charge is 0.340 e. The van der Waals surface area contributed by atoms with E-state index in [1.54, 1.807) is 6.07 Å². The first-order valence-electron chi connectivity index (χ1n) is 6.88. The molecule has 1 aliphatic rings. The van der Waals surface area contributed by atoms with E-state index in [0.717, 1.165) is 25.3 Å². The fraction of sp³-hybridized carbons (Fsp3) is 0.533. The molecule has 1 atom stereocenters. The van der Waals surface area contributed by atoms with E-state index >= 15 is 0 Å². The van der Waals surface area contributed by atoms with Crippen molar-refractivity contribution in [3.8, 4) is 0 Å². The maximum absolute atomic E-state index is 11.9. The van der Waals surface area contributed by atoms with E-state index in [9.17, 15) is 4.79 Å². The summed E-state index contributed by atoms with van der Waals surface area (Å²) in [5.41, 5.74) is 7.75. The molecule has 1 unspecified atom stereocenters. The topological polar surface area (TPSA) is 58.8 Å². The fourth-order valence-corrected chi connectivity index (χ4v) is 2.82. The highest BCUT2D eigenvalue weighted by atomic mass is 16.5. The summed E-state index contributed by atoms with van der Waals surface area (Å²) >= 11 is 0. The van der Waals surface area contributed by atoms with Gasteiger partial charge in [0.1, 0.15) is 0 Å². The fourth-order valence-electron chi connectivity index (χ4n) is 2.82. The first-order valence-corrected chi connectivity index (χ1v) is 6.88. The summed E-state index contributed by atoms with van der Waals surface area (Å²) in [5, 5.41) is 0. The van der Waals surface area contributed by atoms with E-state index in [1.165, 1.54) is 13.5 Å². The van der Waals surface area contributed by atoms with Crippen LogP contribution in [0, 0.1) is 5.92 Å². The summed E-state index contributed by atoms with van der Waals surface area (Å²) in [6.45, 7) is 3.18. The predicted molar refractivity (Wildman–Crippen MR) is 81.1 cm³/mol. The Hall–Kier alpha value is -1.75. The Morgan fingerprint density at radius 2 is 2.30 bits per heavy atom. The summed E-state index contributed by atoms with van der Waals surface area (Å²) in [6.07, 6.45) is 1.20. The average molecular weight is 277 g/mol. The first kappa shape index (κ1) is 14.7. The number of anilines is 2. The van der Waals surface area contributed by atoms with Crippen LogP contribution >= 0.6 is 0 Å². The van der Waals surface area contributed by atoms with E-state index in [-0.39, 0.29) is 5.97 Å². The molecule has 0 aromatic heterocycles. The third kappa shape index (κ3) is 3.22. The minimum Gasteiger partial charge on any atom is -0.465 e. The Bertz CT molecular complexity index is 490. The molecule has 0 spiro atoms. The normalized spacial score (nSPS) is 19.1. The number of nitrogens with two attached hydrogens (primary N) is 1. The largest absolute Gasteiger partial charge is 0.465 e. The van der Waals surface area contributed by atoms with Crippen LogP contribution in [-0.2, 0) is 4.74 Å². The zero-order chi connectivity index (χ0) is 14.7. The molecule has 1 saturated heterocycles. The number of likely N-dealkylation sites (tertiary alicyclic amines) is 1. The highest BCUT2D eigenvalue weighted by molar-refractivity contribution is 5.96.